The van der Waals surface area contributed by atoms with E-state index < -0.39 is 0 Å². The highest BCUT2D eigenvalue weighted by atomic mass is 127. The number of methoxy groups -OCH3 is 1. The van der Waals surface area contributed by atoms with Crippen LogP contribution < -0.4 is 28.7 Å². The fraction of sp³-hybridized carbons (Fsp3) is 0.533. The van der Waals surface area contributed by atoms with Crippen LogP contribution in [0.25, 0.3) is 0 Å². The number of hydrogen-bond donors (Lipinski definition) is 0. The van der Waals surface area contributed by atoms with Crippen molar-refractivity contribution in [2.24, 2.45) is 5.92 Å². The fourth-order valence-electron chi connectivity index (χ4n) is 2.66. The molecule has 0 saturated heterocycles. The highest BCUT2D eigenvalue weighted by molar-refractivity contribution is 6.00. The molecule has 0 aromatic heterocycles. The summed E-state index contributed by atoms with van der Waals surface area (Å²) < 4.78 is 6.04. The van der Waals surface area contributed by atoms with E-state index in [1.54, 1.807) is 7.11 Å². The highest BCUT2D eigenvalue weighted by Crippen LogP contribution is 2.29. The first-order chi connectivity index (χ1) is 8.40. The van der Waals surface area contributed by atoms with Crippen LogP contribution in [0.5, 0.6) is 5.75 Å². The molecule has 1 aliphatic rings. The second-order valence-electron chi connectivity index (χ2n) is 6.10. The van der Waals surface area contributed by atoms with Gasteiger partial charge in [0.15, 0.2) is 5.78 Å². The van der Waals surface area contributed by atoms with Gasteiger partial charge in [-0.25, -0.2) is 0 Å². The third-order valence-electron chi connectivity index (χ3n) is 3.48. The normalized spacial score (nSPS) is 18.5. The van der Waals surface area contributed by atoms with Gasteiger partial charge in [0.25, 0.3) is 0 Å². The number of rotatable bonds is 3. The Kier molecular flexibility index (Phi) is 5.38. The van der Waals surface area contributed by atoms with Gasteiger partial charge in [-0.2, -0.15) is 0 Å². The first-order valence-corrected chi connectivity index (χ1v) is 6.42. The lowest BCUT2D eigenvalue weighted by Gasteiger charge is -2.31. The molecule has 0 heterocycles. The fourth-order valence-corrected chi connectivity index (χ4v) is 2.66. The molecule has 0 amide bonds. The number of carbonyl (C=O) groups is 1. The molecule has 0 saturated carbocycles. The number of aryl methyl sites for hydroxylation is 1. The number of nitrogens with zero attached hydrogens (tertiary/aromatic N) is 1. The van der Waals surface area contributed by atoms with Crippen LogP contribution in [0.2, 0.25) is 0 Å². The van der Waals surface area contributed by atoms with Crippen LogP contribution in [-0.2, 0) is 6.42 Å². The standard InChI is InChI=1S/C15H22NO2.HI/c1-16(2,3)10-12-6-5-11-9-13(18-4)7-8-14(11)15(12)17;/h7-9,12H,5-6,10H2,1-4H3;1H/q+1;/p-1. The SMILES string of the molecule is COc1ccc2c(c1)CCC(C[N+](C)(C)C)C2=O.[I-]. The first kappa shape index (κ1) is 16.4. The van der Waals surface area contributed by atoms with E-state index in [4.69, 9.17) is 4.74 Å². The van der Waals surface area contributed by atoms with Crippen molar-refractivity contribution in [3.63, 3.8) is 0 Å². The van der Waals surface area contributed by atoms with Gasteiger partial charge < -0.3 is 33.2 Å². The highest BCUT2D eigenvalue weighted by Gasteiger charge is 2.31. The molecule has 0 aliphatic heterocycles. The summed E-state index contributed by atoms with van der Waals surface area (Å²) in [6, 6.07) is 5.79. The monoisotopic (exact) mass is 375 g/mol. The van der Waals surface area contributed by atoms with Crippen LogP contribution in [-0.4, -0.2) is 45.1 Å². The first-order valence-electron chi connectivity index (χ1n) is 6.42. The minimum Gasteiger partial charge on any atom is -1.00 e. The topological polar surface area (TPSA) is 26.3 Å². The molecule has 4 heteroatoms. The number of ether oxygens (including phenoxy) is 1. The Morgan fingerprint density at radius 3 is 2.58 bits per heavy atom. The summed E-state index contributed by atoms with van der Waals surface area (Å²) in [5, 5.41) is 0. The van der Waals surface area contributed by atoms with Crippen LogP contribution in [0, 0.1) is 5.92 Å². The van der Waals surface area contributed by atoms with Gasteiger partial charge in [-0.1, -0.05) is 0 Å². The van der Waals surface area contributed by atoms with E-state index in [0.717, 1.165) is 40.7 Å². The van der Waals surface area contributed by atoms with Crippen LogP contribution in [0.3, 0.4) is 0 Å². The van der Waals surface area contributed by atoms with Crippen molar-refractivity contribution in [2.45, 2.75) is 12.8 Å². The predicted octanol–water partition coefficient (Wildman–Crippen LogP) is -0.849. The molecule has 106 valence electrons. The summed E-state index contributed by atoms with van der Waals surface area (Å²) in [5.41, 5.74) is 2.03. The van der Waals surface area contributed by atoms with E-state index in [0.29, 0.717) is 5.78 Å². The average Bonchev–Trinajstić information content (AvgIpc) is 2.31. The summed E-state index contributed by atoms with van der Waals surface area (Å²) in [5.74, 6) is 1.30. The second kappa shape index (κ2) is 6.22. The van der Waals surface area contributed by atoms with Crippen molar-refractivity contribution in [3.8, 4) is 5.75 Å². The van der Waals surface area contributed by atoms with E-state index in [1.807, 2.05) is 18.2 Å². The molecule has 2 rings (SSSR count). The maximum atomic E-state index is 12.4. The van der Waals surface area contributed by atoms with Crippen LogP contribution >= 0.6 is 0 Å². The molecule has 1 aliphatic carbocycles. The van der Waals surface area contributed by atoms with Gasteiger partial charge in [0.1, 0.15) is 5.75 Å². The molecular weight excluding hydrogens is 353 g/mol. The van der Waals surface area contributed by atoms with Crippen molar-refractivity contribution in [1.29, 1.82) is 0 Å². The molecule has 1 aromatic carbocycles. The van der Waals surface area contributed by atoms with Gasteiger partial charge in [-0.05, 0) is 36.6 Å². The number of carbonyl (C=O) groups excluding carboxylic acids is 1. The van der Waals surface area contributed by atoms with Gasteiger partial charge in [-0.3, -0.25) is 4.79 Å². The summed E-state index contributed by atoms with van der Waals surface area (Å²) in [6.45, 7) is 0.907. The van der Waals surface area contributed by atoms with Crippen molar-refractivity contribution in [3.05, 3.63) is 29.3 Å². The zero-order valence-corrected chi connectivity index (χ0v) is 14.2. The van der Waals surface area contributed by atoms with Gasteiger partial charge in [-0.15, -0.1) is 0 Å². The average molecular weight is 375 g/mol. The molecule has 19 heavy (non-hydrogen) atoms. The van der Waals surface area contributed by atoms with Gasteiger partial charge in [0.2, 0.25) is 0 Å². The summed E-state index contributed by atoms with van der Waals surface area (Å²) in [7, 11) is 8.07. The number of quaternary nitrogens is 1. The zero-order chi connectivity index (χ0) is 13.3. The van der Waals surface area contributed by atoms with Gasteiger partial charge in [0, 0.05) is 5.56 Å². The Labute approximate surface area is 132 Å². The van der Waals surface area contributed by atoms with E-state index >= 15 is 0 Å². The summed E-state index contributed by atoms with van der Waals surface area (Å²) in [4.78, 5) is 12.4. The Bertz CT molecular complexity index is 466. The lowest BCUT2D eigenvalue weighted by molar-refractivity contribution is -0.872. The van der Waals surface area contributed by atoms with Gasteiger partial charge >= 0.3 is 0 Å². The minimum atomic E-state index is 0. The molecule has 0 N–H and O–H groups in total. The van der Waals surface area contributed by atoms with Crippen LogP contribution in [0.15, 0.2) is 18.2 Å². The third kappa shape index (κ3) is 3.92. The van der Waals surface area contributed by atoms with Crippen molar-refractivity contribution >= 4 is 5.78 Å². The lowest BCUT2D eigenvalue weighted by atomic mass is 9.82. The molecule has 1 unspecified atom stereocenters. The van der Waals surface area contributed by atoms with Crippen molar-refractivity contribution in [2.75, 3.05) is 34.8 Å². The van der Waals surface area contributed by atoms with E-state index in [2.05, 4.69) is 21.1 Å². The third-order valence-corrected chi connectivity index (χ3v) is 3.48. The quantitative estimate of drug-likeness (QED) is 0.509. The summed E-state index contributed by atoms with van der Waals surface area (Å²) >= 11 is 0. The maximum absolute atomic E-state index is 12.4. The molecule has 1 aromatic rings. The maximum Gasteiger partial charge on any atom is 0.171 e. The van der Waals surface area contributed by atoms with Gasteiger partial charge in [0.05, 0.1) is 40.7 Å². The lowest BCUT2D eigenvalue weighted by Crippen LogP contribution is -3.00. The van der Waals surface area contributed by atoms with Crippen LogP contribution in [0.4, 0.5) is 0 Å². The largest absolute Gasteiger partial charge is 1.00 e. The molecule has 0 fully saturated rings. The van der Waals surface area contributed by atoms with E-state index in [1.165, 1.54) is 0 Å². The number of ketones is 1. The number of hydrogen-bond acceptors (Lipinski definition) is 2. The Morgan fingerprint density at radius 2 is 2.00 bits per heavy atom. The predicted molar refractivity (Wildman–Crippen MR) is 72.0 cm³/mol. The minimum absolute atomic E-state index is 0. The molecule has 1 atom stereocenters. The Morgan fingerprint density at radius 1 is 1.32 bits per heavy atom. The molecule has 3 nitrogen and oxygen atoms in total. The Hall–Kier alpha value is -0.620. The van der Waals surface area contributed by atoms with Crippen molar-refractivity contribution < 1.29 is 38.0 Å². The zero-order valence-electron chi connectivity index (χ0n) is 12.1. The molecule has 0 spiro atoms. The van der Waals surface area contributed by atoms with Crippen LogP contribution in [0.1, 0.15) is 22.3 Å². The number of Topliss-reactive ketones (excluding diaryl/α,β-unsaturated/α-hetero) is 1. The Balaban J connectivity index is 0.00000180. The smallest absolute Gasteiger partial charge is 0.171 e. The second-order valence-corrected chi connectivity index (χ2v) is 6.10. The molecule has 0 bridgehead atoms. The number of fused-ring (bicyclic) bond motifs is 1. The van der Waals surface area contributed by atoms with Crippen molar-refractivity contribution in [1.82, 2.24) is 0 Å². The number of halogens is 1. The number of benzene rings is 1. The van der Waals surface area contributed by atoms with E-state index in [9.17, 15) is 4.79 Å². The van der Waals surface area contributed by atoms with E-state index in [-0.39, 0.29) is 29.9 Å². The molecular formula is C15H22INO2. The summed E-state index contributed by atoms with van der Waals surface area (Å²) in [6.07, 6.45) is 1.93. The molecule has 0 radical (unpaired) electrons.